The molecule has 0 aliphatic carbocycles. The molecule has 1 N–H and O–H groups in total. The van der Waals surface area contributed by atoms with Gasteiger partial charge in [0.25, 0.3) is 11.6 Å². The molecule has 0 atom stereocenters. The lowest BCUT2D eigenvalue weighted by Crippen LogP contribution is -2.30. The second-order valence-corrected chi connectivity index (χ2v) is 8.23. The number of carbonyl (C=O) groups excluding carboxylic acids is 1. The Morgan fingerprint density at radius 1 is 0.900 bits per heavy atom. The highest BCUT2D eigenvalue weighted by Crippen LogP contribution is 2.33. The first kappa shape index (κ1) is 20.5. The molecule has 2 fully saturated rings. The largest absolute Gasteiger partial charge is 0.370 e. The van der Waals surface area contributed by atoms with Crippen LogP contribution in [0.1, 0.15) is 42.5 Å². The van der Waals surface area contributed by atoms with E-state index in [4.69, 9.17) is 11.6 Å². The first-order chi connectivity index (χ1) is 14.5. The maximum absolute atomic E-state index is 12.7. The molecule has 0 bridgehead atoms. The average molecular weight is 429 g/mol. The number of nitrogens with zero attached hydrogens (tertiary/aromatic N) is 3. The highest BCUT2D eigenvalue weighted by atomic mass is 35.5. The summed E-state index contributed by atoms with van der Waals surface area (Å²) < 4.78 is 0. The minimum Gasteiger partial charge on any atom is -0.370 e. The minimum atomic E-state index is -0.414. The van der Waals surface area contributed by atoms with Crippen LogP contribution in [-0.4, -0.2) is 37.0 Å². The third-order valence-corrected chi connectivity index (χ3v) is 6.09. The summed E-state index contributed by atoms with van der Waals surface area (Å²) in [6.45, 7) is 3.57. The smallest absolute Gasteiger partial charge is 0.293 e. The Hall–Kier alpha value is -2.80. The van der Waals surface area contributed by atoms with E-state index in [9.17, 15) is 14.9 Å². The van der Waals surface area contributed by atoms with Gasteiger partial charge < -0.3 is 15.1 Å². The Balaban J connectivity index is 1.52. The van der Waals surface area contributed by atoms with Crippen LogP contribution in [-0.2, 0) is 0 Å². The Bertz CT molecular complexity index is 953. The van der Waals surface area contributed by atoms with Gasteiger partial charge in [-0.05, 0) is 62.4 Å². The molecule has 0 unspecified atom stereocenters. The van der Waals surface area contributed by atoms with Crippen LogP contribution in [0.2, 0.25) is 5.02 Å². The molecule has 0 saturated carbocycles. The number of hydrogen-bond donors (Lipinski definition) is 1. The van der Waals surface area contributed by atoms with E-state index in [1.54, 1.807) is 18.2 Å². The quantitative estimate of drug-likeness (QED) is 0.530. The van der Waals surface area contributed by atoms with Crippen molar-refractivity contribution in [2.24, 2.45) is 0 Å². The second kappa shape index (κ2) is 8.92. The molecule has 8 heteroatoms. The fourth-order valence-corrected chi connectivity index (χ4v) is 4.52. The van der Waals surface area contributed by atoms with E-state index in [2.05, 4.69) is 10.2 Å². The number of hydrogen-bond acceptors (Lipinski definition) is 5. The number of piperidine rings is 1. The Labute approximate surface area is 180 Å². The van der Waals surface area contributed by atoms with Gasteiger partial charge in [-0.2, -0.15) is 0 Å². The number of rotatable bonds is 5. The number of nitro benzene ring substituents is 1. The fourth-order valence-electron chi connectivity index (χ4n) is 4.22. The molecule has 158 valence electrons. The van der Waals surface area contributed by atoms with Crippen LogP contribution in [0.5, 0.6) is 0 Å². The third kappa shape index (κ3) is 4.36. The van der Waals surface area contributed by atoms with Crippen molar-refractivity contribution in [3.63, 3.8) is 0 Å². The van der Waals surface area contributed by atoms with Crippen molar-refractivity contribution in [2.45, 2.75) is 32.1 Å². The predicted molar refractivity (Wildman–Crippen MR) is 120 cm³/mol. The lowest BCUT2D eigenvalue weighted by Gasteiger charge is -2.28. The van der Waals surface area contributed by atoms with E-state index in [1.807, 2.05) is 17.0 Å². The third-order valence-electron chi connectivity index (χ3n) is 5.78. The number of amides is 1. The van der Waals surface area contributed by atoms with Gasteiger partial charge in [-0.3, -0.25) is 14.9 Å². The summed E-state index contributed by atoms with van der Waals surface area (Å²) in [6.07, 6.45) is 5.49. The molecule has 0 spiro atoms. The fraction of sp³-hybridized carbons (Fsp3) is 0.409. The van der Waals surface area contributed by atoms with Crippen molar-refractivity contribution in [1.82, 2.24) is 0 Å². The van der Waals surface area contributed by atoms with E-state index >= 15 is 0 Å². The SMILES string of the molecule is O=C(Nc1ccc(N2CCCC2)c(Cl)c1)c1ccc(N2CCCCC2)c([N+](=O)[O-])c1. The summed E-state index contributed by atoms with van der Waals surface area (Å²) in [5.74, 6) is -0.395. The van der Waals surface area contributed by atoms with Gasteiger partial charge in [0.1, 0.15) is 5.69 Å². The monoisotopic (exact) mass is 428 g/mol. The van der Waals surface area contributed by atoms with Crippen LogP contribution < -0.4 is 15.1 Å². The van der Waals surface area contributed by atoms with Gasteiger partial charge in [0.15, 0.2) is 0 Å². The first-order valence-corrected chi connectivity index (χ1v) is 10.8. The van der Waals surface area contributed by atoms with Crippen LogP contribution in [0, 0.1) is 10.1 Å². The van der Waals surface area contributed by atoms with E-state index in [-0.39, 0.29) is 11.3 Å². The lowest BCUT2D eigenvalue weighted by atomic mass is 10.1. The van der Waals surface area contributed by atoms with Crippen LogP contribution in [0.25, 0.3) is 0 Å². The number of benzene rings is 2. The topological polar surface area (TPSA) is 78.7 Å². The predicted octanol–water partition coefficient (Wildman–Crippen LogP) is 5.09. The van der Waals surface area contributed by atoms with Crippen molar-refractivity contribution in [1.29, 1.82) is 0 Å². The van der Waals surface area contributed by atoms with Crippen LogP contribution >= 0.6 is 11.6 Å². The van der Waals surface area contributed by atoms with E-state index in [1.165, 1.54) is 6.07 Å². The zero-order valence-electron chi connectivity index (χ0n) is 16.8. The normalized spacial score (nSPS) is 16.6. The molecule has 7 nitrogen and oxygen atoms in total. The van der Waals surface area contributed by atoms with Gasteiger partial charge in [0.05, 0.1) is 15.6 Å². The Morgan fingerprint density at radius 3 is 2.13 bits per heavy atom. The van der Waals surface area contributed by atoms with E-state index in [0.717, 1.165) is 64.0 Å². The second-order valence-electron chi connectivity index (χ2n) is 7.82. The van der Waals surface area contributed by atoms with Crippen LogP contribution in [0.3, 0.4) is 0 Å². The molecular formula is C22H25ClN4O3. The summed E-state index contributed by atoms with van der Waals surface area (Å²) in [6, 6.07) is 10.1. The van der Waals surface area contributed by atoms with E-state index < -0.39 is 10.8 Å². The highest BCUT2D eigenvalue weighted by molar-refractivity contribution is 6.33. The van der Waals surface area contributed by atoms with E-state index in [0.29, 0.717) is 16.4 Å². The van der Waals surface area contributed by atoms with Crippen molar-refractivity contribution in [3.05, 3.63) is 57.1 Å². The number of carbonyl (C=O) groups is 1. The molecule has 2 saturated heterocycles. The Morgan fingerprint density at radius 2 is 1.50 bits per heavy atom. The molecule has 1 amide bonds. The van der Waals surface area contributed by atoms with Crippen molar-refractivity contribution < 1.29 is 9.72 Å². The van der Waals surface area contributed by atoms with Gasteiger partial charge >= 0.3 is 0 Å². The molecule has 2 aliphatic heterocycles. The molecule has 2 aromatic carbocycles. The zero-order chi connectivity index (χ0) is 21.1. The average Bonchev–Trinajstić information content (AvgIpc) is 3.28. The molecule has 2 aliphatic rings. The van der Waals surface area contributed by atoms with Gasteiger partial charge in [0.2, 0.25) is 0 Å². The molecule has 30 heavy (non-hydrogen) atoms. The summed E-state index contributed by atoms with van der Waals surface area (Å²) in [4.78, 5) is 28.2. The summed E-state index contributed by atoms with van der Waals surface area (Å²) in [5.41, 5.74) is 2.33. The minimum absolute atomic E-state index is 0.0352. The van der Waals surface area contributed by atoms with Gasteiger partial charge in [0, 0.05) is 43.5 Å². The lowest BCUT2D eigenvalue weighted by molar-refractivity contribution is -0.384. The maximum atomic E-state index is 12.7. The molecular weight excluding hydrogens is 404 g/mol. The zero-order valence-corrected chi connectivity index (χ0v) is 17.5. The maximum Gasteiger partial charge on any atom is 0.293 e. The molecule has 2 aromatic rings. The van der Waals surface area contributed by atoms with Gasteiger partial charge in [-0.25, -0.2) is 0 Å². The Kier molecular flexibility index (Phi) is 6.08. The highest BCUT2D eigenvalue weighted by Gasteiger charge is 2.23. The summed E-state index contributed by atoms with van der Waals surface area (Å²) in [7, 11) is 0. The van der Waals surface area contributed by atoms with Crippen molar-refractivity contribution >= 4 is 40.3 Å². The van der Waals surface area contributed by atoms with Crippen molar-refractivity contribution in [2.75, 3.05) is 41.3 Å². The summed E-state index contributed by atoms with van der Waals surface area (Å²) in [5, 5.41) is 15.0. The number of anilines is 3. The summed E-state index contributed by atoms with van der Waals surface area (Å²) >= 11 is 6.42. The number of nitrogens with one attached hydrogen (secondary N) is 1. The van der Waals surface area contributed by atoms with Crippen LogP contribution in [0.15, 0.2) is 36.4 Å². The molecule has 0 radical (unpaired) electrons. The molecule has 0 aromatic heterocycles. The van der Waals surface area contributed by atoms with Crippen molar-refractivity contribution in [3.8, 4) is 0 Å². The van der Waals surface area contributed by atoms with Crippen LogP contribution in [0.4, 0.5) is 22.7 Å². The van der Waals surface area contributed by atoms with Gasteiger partial charge in [-0.15, -0.1) is 0 Å². The molecule has 4 rings (SSSR count). The molecule has 2 heterocycles. The standard InChI is InChI=1S/C22H25ClN4O3/c23-18-15-17(7-9-19(18)25-12-4-5-13-25)24-22(28)16-6-8-20(21(14-16)27(29)30)26-10-2-1-3-11-26/h6-9,14-15H,1-5,10-13H2,(H,24,28). The number of nitro groups is 1. The number of halogens is 1. The first-order valence-electron chi connectivity index (χ1n) is 10.4. The van der Waals surface area contributed by atoms with Gasteiger partial charge in [-0.1, -0.05) is 11.6 Å².